The Morgan fingerprint density at radius 2 is 2.06 bits per heavy atom. The quantitative estimate of drug-likeness (QED) is 0.576. The fraction of sp³-hybridized carbons (Fsp3) is 0.280. The SMILES string of the molecule is CC(C)CN1C(=O)c2cc(F)ccc2[C@H](C(=O)Nc2cc(Cl)cc(C#N)c2)[C@H]1c1cnn(C)c1. The number of anilines is 1. The molecule has 2 amide bonds. The summed E-state index contributed by atoms with van der Waals surface area (Å²) in [5, 5.41) is 16.7. The summed E-state index contributed by atoms with van der Waals surface area (Å²) in [6, 6.07) is 9.84. The van der Waals surface area contributed by atoms with Crippen LogP contribution in [-0.4, -0.2) is 33.0 Å². The topological polar surface area (TPSA) is 91.0 Å². The van der Waals surface area contributed by atoms with Gasteiger partial charge in [0, 0.05) is 41.6 Å². The molecule has 0 unspecified atom stereocenters. The molecule has 7 nitrogen and oxygen atoms in total. The van der Waals surface area contributed by atoms with Crippen molar-refractivity contribution < 1.29 is 14.0 Å². The largest absolute Gasteiger partial charge is 0.330 e. The van der Waals surface area contributed by atoms with Gasteiger partial charge in [0.15, 0.2) is 0 Å². The van der Waals surface area contributed by atoms with Crippen molar-refractivity contribution in [2.45, 2.75) is 25.8 Å². The lowest BCUT2D eigenvalue weighted by molar-refractivity contribution is -0.119. The maximum Gasteiger partial charge on any atom is 0.254 e. The van der Waals surface area contributed by atoms with E-state index in [0.29, 0.717) is 33.9 Å². The molecule has 0 bridgehead atoms. The molecule has 1 aliphatic rings. The lowest BCUT2D eigenvalue weighted by Gasteiger charge is -2.42. The lowest BCUT2D eigenvalue weighted by Crippen LogP contribution is -2.47. The Labute approximate surface area is 201 Å². The van der Waals surface area contributed by atoms with E-state index < -0.39 is 23.7 Å². The van der Waals surface area contributed by atoms with Gasteiger partial charge < -0.3 is 10.2 Å². The molecule has 3 aromatic rings. The summed E-state index contributed by atoms with van der Waals surface area (Å²) in [5.74, 6) is -2.04. The summed E-state index contributed by atoms with van der Waals surface area (Å²) in [5.41, 5.74) is 1.93. The van der Waals surface area contributed by atoms with Crippen LogP contribution >= 0.6 is 11.6 Å². The molecule has 1 N–H and O–H groups in total. The molecular formula is C25H23ClFN5O2. The molecule has 34 heavy (non-hydrogen) atoms. The van der Waals surface area contributed by atoms with Crippen LogP contribution < -0.4 is 5.32 Å². The zero-order valence-electron chi connectivity index (χ0n) is 18.9. The first kappa shape index (κ1) is 23.5. The second-order valence-corrected chi connectivity index (χ2v) is 9.22. The van der Waals surface area contributed by atoms with Gasteiger partial charge in [0.25, 0.3) is 5.91 Å². The normalized spacial score (nSPS) is 17.4. The number of aryl methyl sites for hydroxylation is 1. The van der Waals surface area contributed by atoms with Crippen molar-refractivity contribution in [2.75, 3.05) is 11.9 Å². The second kappa shape index (κ2) is 9.27. The first-order chi connectivity index (χ1) is 16.2. The third-order valence-corrected chi connectivity index (χ3v) is 5.92. The molecule has 9 heteroatoms. The number of rotatable bonds is 5. The van der Waals surface area contributed by atoms with Gasteiger partial charge in [-0.15, -0.1) is 0 Å². The van der Waals surface area contributed by atoms with Crippen LogP contribution in [0.1, 0.15) is 52.9 Å². The van der Waals surface area contributed by atoms with Gasteiger partial charge in [0.1, 0.15) is 5.82 Å². The summed E-state index contributed by atoms with van der Waals surface area (Å²) < 4.78 is 15.8. The van der Waals surface area contributed by atoms with Crippen LogP contribution in [0.3, 0.4) is 0 Å². The number of nitrogens with zero attached hydrogens (tertiary/aromatic N) is 4. The molecule has 2 atom stereocenters. The van der Waals surface area contributed by atoms with Crippen molar-refractivity contribution in [2.24, 2.45) is 13.0 Å². The van der Waals surface area contributed by atoms with E-state index in [-0.39, 0.29) is 17.4 Å². The molecule has 1 aliphatic heterocycles. The summed E-state index contributed by atoms with van der Waals surface area (Å²) in [7, 11) is 1.76. The van der Waals surface area contributed by atoms with E-state index in [2.05, 4.69) is 10.4 Å². The van der Waals surface area contributed by atoms with Crippen LogP contribution in [0.25, 0.3) is 0 Å². The summed E-state index contributed by atoms with van der Waals surface area (Å²) >= 11 is 6.12. The number of fused-ring (bicyclic) bond motifs is 1. The van der Waals surface area contributed by atoms with Gasteiger partial charge in [-0.2, -0.15) is 10.4 Å². The average molecular weight is 480 g/mol. The predicted molar refractivity (Wildman–Crippen MR) is 126 cm³/mol. The molecule has 1 aromatic heterocycles. The Bertz CT molecular complexity index is 1310. The van der Waals surface area contributed by atoms with Crippen molar-refractivity contribution in [3.63, 3.8) is 0 Å². The molecule has 4 rings (SSSR count). The van der Waals surface area contributed by atoms with Crippen LogP contribution in [0, 0.1) is 23.1 Å². The van der Waals surface area contributed by atoms with Crippen LogP contribution in [-0.2, 0) is 11.8 Å². The van der Waals surface area contributed by atoms with Gasteiger partial charge in [0.05, 0.1) is 29.8 Å². The van der Waals surface area contributed by atoms with Gasteiger partial charge in [-0.3, -0.25) is 14.3 Å². The van der Waals surface area contributed by atoms with Crippen LogP contribution in [0.4, 0.5) is 10.1 Å². The van der Waals surface area contributed by atoms with Gasteiger partial charge in [-0.05, 0) is 41.8 Å². The number of hydrogen-bond donors (Lipinski definition) is 1. The van der Waals surface area contributed by atoms with Crippen molar-refractivity contribution in [3.8, 4) is 6.07 Å². The molecule has 0 saturated heterocycles. The highest BCUT2D eigenvalue weighted by molar-refractivity contribution is 6.31. The molecule has 0 radical (unpaired) electrons. The van der Waals surface area contributed by atoms with Crippen molar-refractivity contribution in [1.29, 1.82) is 5.26 Å². The van der Waals surface area contributed by atoms with Crippen LogP contribution in [0.5, 0.6) is 0 Å². The molecule has 0 fully saturated rings. The predicted octanol–water partition coefficient (Wildman–Crippen LogP) is 4.66. The minimum Gasteiger partial charge on any atom is -0.330 e. The Hall–Kier alpha value is -3.70. The average Bonchev–Trinajstić information content (AvgIpc) is 3.20. The van der Waals surface area contributed by atoms with Crippen LogP contribution in [0.2, 0.25) is 5.02 Å². The molecular weight excluding hydrogens is 457 g/mol. The summed E-state index contributed by atoms with van der Waals surface area (Å²) in [4.78, 5) is 28.9. The van der Waals surface area contributed by atoms with E-state index in [4.69, 9.17) is 11.6 Å². The first-order valence-corrected chi connectivity index (χ1v) is 11.2. The van der Waals surface area contributed by atoms with E-state index in [0.717, 1.165) is 0 Å². The molecule has 2 aromatic carbocycles. The van der Waals surface area contributed by atoms with Crippen molar-refractivity contribution >= 4 is 29.1 Å². The smallest absolute Gasteiger partial charge is 0.254 e. The first-order valence-electron chi connectivity index (χ1n) is 10.8. The third-order valence-electron chi connectivity index (χ3n) is 5.70. The zero-order valence-corrected chi connectivity index (χ0v) is 19.7. The maximum atomic E-state index is 14.2. The highest BCUT2D eigenvalue weighted by Crippen LogP contribution is 2.44. The Kier molecular flexibility index (Phi) is 6.40. The van der Waals surface area contributed by atoms with Gasteiger partial charge in [0.2, 0.25) is 5.91 Å². The molecule has 0 aliphatic carbocycles. The summed E-state index contributed by atoms with van der Waals surface area (Å²) in [6.07, 6.45) is 3.40. The number of nitrogens with one attached hydrogen (secondary N) is 1. The van der Waals surface area contributed by atoms with E-state index in [1.165, 1.54) is 30.3 Å². The number of carbonyl (C=O) groups is 2. The van der Waals surface area contributed by atoms with Gasteiger partial charge in [-0.1, -0.05) is 31.5 Å². The minimum absolute atomic E-state index is 0.105. The number of amides is 2. The summed E-state index contributed by atoms with van der Waals surface area (Å²) in [6.45, 7) is 4.31. The van der Waals surface area contributed by atoms with E-state index in [1.807, 2.05) is 19.9 Å². The highest BCUT2D eigenvalue weighted by atomic mass is 35.5. The van der Waals surface area contributed by atoms with E-state index in [1.54, 1.807) is 35.1 Å². The number of aromatic nitrogens is 2. The zero-order chi connectivity index (χ0) is 24.6. The number of halogens is 2. The molecule has 0 saturated carbocycles. The van der Waals surface area contributed by atoms with Crippen molar-refractivity contribution in [1.82, 2.24) is 14.7 Å². The molecule has 0 spiro atoms. The highest BCUT2D eigenvalue weighted by Gasteiger charge is 2.45. The second-order valence-electron chi connectivity index (χ2n) is 8.78. The fourth-order valence-electron chi connectivity index (χ4n) is 4.40. The minimum atomic E-state index is -0.847. The molecule has 174 valence electrons. The Balaban J connectivity index is 1.86. The monoisotopic (exact) mass is 479 g/mol. The Morgan fingerprint density at radius 1 is 1.29 bits per heavy atom. The number of hydrogen-bond acceptors (Lipinski definition) is 4. The number of nitriles is 1. The number of benzene rings is 2. The van der Waals surface area contributed by atoms with Crippen molar-refractivity contribution in [3.05, 3.63) is 81.9 Å². The lowest BCUT2D eigenvalue weighted by atomic mass is 9.79. The van der Waals surface area contributed by atoms with E-state index >= 15 is 0 Å². The molecule has 2 heterocycles. The number of carbonyl (C=O) groups excluding carboxylic acids is 2. The van der Waals surface area contributed by atoms with E-state index in [9.17, 15) is 19.2 Å². The van der Waals surface area contributed by atoms with Gasteiger partial charge >= 0.3 is 0 Å². The fourth-order valence-corrected chi connectivity index (χ4v) is 4.64. The van der Waals surface area contributed by atoms with Crippen LogP contribution in [0.15, 0.2) is 48.8 Å². The third kappa shape index (κ3) is 4.52. The van der Waals surface area contributed by atoms with Gasteiger partial charge in [-0.25, -0.2) is 4.39 Å². The maximum absolute atomic E-state index is 14.2. The Morgan fingerprint density at radius 3 is 2.71 bits per heavy atom. The standard InChI is InChI=1S/C25H23ClFN5O2/c1-14(2)12-32-23(16-11-29-31(3)13-16)22(20-5-4-18(27)9-21(20)25(32)34)24(33)30-19-7-15(10-28)6-17(26)8-19/h4-9,11,13-14,22-23H,12H2,1-3H3,(H,30,33)/t22-,23+/m0/s1.